The van der Waals surface area contributed by atoms with Gasteiger partial charge in [-0.25, -0.2) is 15.0 Å². The van der Waals surface area contributed by atoms with E-state index >= 15 is 0 Å². The number of amides is 1. The van der Waals surface area contributed by atoms with Gasteiger partial charge in [-0.05, 0) is 40.6 Å². The van der Waals surface area contributed by atoms with Crippen molar-refractivity contribution >= 4 is 56.3 Å². The Morgan fingerprint density at radius 3 is 2.79 bits per heavy atom. The highest BCUT2D eigenvalue weighted by Gasteiger charge is 2.34. The molecule has 0 saturated carbocycles. The molecule has 0 radical (unpaired) electrons. The van der Waals surface area contributed by atoms with Crippen LogP contribution in [0, 0.1) is 0 Å². The van der Waals surface area contributed by atoms with Crippen molar-refractivity contribution in [1.29, 1.82) is 0 Å². The van der Waals surface area contributed by atoms with Gasteiger partial charge in [0, 0.05) is 11.8 Å². The van der Waals surface area contributed by atoms with Crippen LogP contribution in [0.4, 0.5) is 0 Å². The molecule has 0 bridgehead atoms. The van der Waals surface area contributed by atoms with Crippen LogP contribution in [0.5, 0.6) is 11.5 Å². The number of rotatable bonds is 7. The van der Waals surface area contributed by atoms with Gasteiger partial charge in [0.1, 0.15) is 16.2 Å². The number of carbonyl (C=O) groups excluding carboxylic acids is 1. The van der Waals surface area contributed by atoms with Crippen molar-refractivity contribution in [3.05, 3.63) is 63.9 Å². The third-order valence-corrected chi connectivity index (χ3v) is 8.05. The second-order valence-electron chi connectivity index (χ2n) is 7.20. The number of hydrogen-bond donors (Lipinski definition) is 0. The van der Waals surface area contributed by atoms with E-state index in [1.807, 2.05) is 47.2 Å². The molecule has 4 heterocycles. The van der Waals surface area contributed by atoms with Crippen LogP contribution in [0.15, 0.2) is 63.6 Å². The zero-order valence-corrected chi connectivity index (χ0v) is 20.4. The molecule has 0 fully saturated rings. The number of thioether (sulfide) groups is 1. The number of methoxy groups -OCH3 is 2. The lowest BCUT2D eigenvalue weighted by molar-refractivity contribution is -0.130. The number of hydrogen-bond acceptors (Lipinski definition) is 9. The first-order chi connectivity index (χ1) is 16.2. The van der Waals surface area contributed by atoms with E-state index in [-0.39, 0.29) is 17.7 Å². The summed E-state index contributed by atoms with van der Waals surface area (Å²) in [4.78, 5) is 24.0. The first-order valence-corrected chi connectivity index (χ1v) is 12.9. The van der Waals surface area contributed by atoms with Crippen molar-refractivity contribution in [2.45, 2.75) is 17.5 Å². The average molecular weight is 497 g/mol. The molecule has 7 nitrogen and oxygen atoms in total. The molecule has 0 saturated heterocycles. The molecule has 168 valence electrons. The Kier molecular flexibility index (Phi) is 6.30. The molecule has 10 heteroatoms. The maximum absolute atomic E-state index is 13.4. The fourth-order valence-corrected chi connectivity index (χ4v) is 6.08. The van der Waals surface area contributed by atoms with E-state index in [2.05, 4.69) is 9.97 Å². The van der Waals surface area contributed by atoms with E-state index in [9.17, 15) is 4.79 Å². The number of hydrazone groups is 1. The van der Waals surface area contributed by atoms with Crippen molar-refractivity contribution in [3.63, 3.8) is 0 Å². The van der Waals surface area contributed by atoms with Crippen LogP contribution in [0.2, 0.25) is 0 Å². The number of ether oxygens (including phenoxy) is 2. The summed E-state index contributed by atoms with van der Waals surface area (Å²) in [6.45, 7) is 0. The van der Waals surface area contributed by atoms with E-state index < -0.39 is 0 Å². The summed E-state index contributed by atoms with van der Waals surface area (Å²) in [6.07, 6.45) is 2.18. The van der Waals surface area contributed by atoms with Crippen LogP contribution in [0.3, 0.4) is 0 Å². The minimum atomic E-state index is -0.221. The fraction of sp³-hybridized carbons (Fsp3) is 0.217. The van der Waals surface area contributed by atoms with Gasteiger partial charge in [0.25, 0.3) is 5.91 Å². The van der Waals surface area contributed by atoms with Gasteiger partial charge in [0.05, 0.1) is 36.6 Å². The number of benzene rings is 1. The molecule has 4 aromatic rings. The minimum absolute atomic E-state index is 0.0756. The Bertz CT molecular complexity index is 1320. The first-order valence-electron chi connectivity index (χ1n) is 10.1. The number of nitrogens with zero attached hydrogens (tertiary/aromatic N) is 4. The van der Waals surface area contributed by atoms with Crippen LogP contribution in [0.25, 0.3) is 10.2 Å². The van der Waals surface area contributed by atoms with Gasteiger partial charge in [0.15, 0.2) is 11.5 Å². The lowest BCUT2D eigenvalue weighted by Crippen LogP contribution is -2.28. The van der Waals surface area contributed by atoms with E-state index in [0.29, 0.717) is 17.9 Å². The molecule has 1 amide bonds. The summed E-state index contributed by atoms with van der Waals surface area (Å²) < 4.78 is 10.9. The largest absolute Gasteiger partial charge is 0.493 e. The predicted molar refractivity (Wildman–Crippen MR) is 133 cm³/mol. The quantitative estimate of drug-likeness (QED) is 0.257. The highest BCUT2D eigenvalue weighted by Crippen LogP contribution is 2.38. The first kappa shape index (κ1) is 21.9. The molecule has 0 N–H and O–H groups in total. The monoisotopic (exact) mass is 496 g/mol. The van der Waals surface area contributed by atoms with Crippen molar-refractivity contribution in [1.82, 2.24) is 15.0 Å². The summed E-state index contributed by atoms with van der Waals surface area (Å²) in [5.74, 6) is 1.43. The summed E-state index contributed by atoms with van der Waals surface area (Å²) in [5.41, 5.74) is 1.86. The summed E-state index contributed by atoms with van der Waals surface area (Å²) in [6, 6.07) is 11.5. The molecule has 0 unspecified atom stereocenters. The van der Waals surface area contributed by atoms with Crippen molar-refractivity contribution < 1.29 is 14.3 Å². The molecule has 3 aromatic heterocycles. The summed E-state index contributed by atoms with van der Waals surface area (Å²) in [5, 5.41) is 12.1. The molecule has 0 aliphatic carbocycles. The Labute approximate surface area is 203 Å². The fourth-order valence-electron chi connectivity index (χ4n) is 3.73. The van der Waals surface area contributed by atoms with Gasteiger partial charge in [-0.3, -0.25) is 4.79 Å². The smallest absolute Gasteiger partial charge is 0.253 e. The number of aromatic nitrogens is 2. The van der Waals surface area contributed by atoms with Crippen LogP contribution < -0.4 is 9.47 Å². The van der Waals surface area contributed by atoms with Crippen molar-refractivity contribution in [2.75, 3.05) is 20.0 Å². The molecule has 0 spiro atoms. The Hall–Kier alpha value is -2.95. The third kappa shape index (κ3) is 4.33. The maximum Gasteiger partial charge on any atom is 0.253 e. The van der Waals surface area contributed by atoms with Gasteiger partial charge in [-0.1, -0.05) is 23.9 Å². The second-order valence-corrected chi connectivity index (χ2v) is 10.0. The normalized spacial score (nSPS) is 15.6. The van der Waals surface area contributed by atoms with Crippen molar-refractivity contribution in [3.8, 4) is 11.5 Å². The number of carbonyl (C=O) groups is 1. The minimum Gasteiger partial charge on any atom is -0.493 e. The van der Waals surface area contributed by atoms with Gasteiger partial charge >= 0.3 is 0 Å². The molecule has 1 aliphatic heterocycles. The number of thiophene rings is 2. The Morgan fingerprint density at radius 1 is 1.12 bits per heavy atom. The molecule has 5 rings (SSSR count). The van der Waals surface area contributed by atoms with E-state index in [4.69, 9.17) is 14.6 Å². The lowest BCUT2D eigenvalue weighted by atomic mass is 10.0. The summed E-state index contributed by atoms with van der Waals surface area (Å²) >= 11 is 4.60. The van der Waals surface area contributed by atoms with Crippen LogP contribution >= 0.6 is 34.4 Å². The molecular formula is C23H20N4O3S3. The summed E-state index contributed by atoms with van der Waals surface area (Å²) in [7, 11) is 3.21. The maximum atomic E-state index is 13.4. The SMILES string of the molecule is COc1ccc([C@H]2CC(c3cccs3)=NN2C(=O)CSc2ncnc3sccc23)cc1OC. The highest BCUT2D eigenvalue weighted by atomic mass is 32.2. The van der Waals surface area contributed by atoms with Gasteiger partial charge in [0.2, 0.25) is 0 Å². The topological polar surface area (TPSA) is 76.9 Å². The molecule has 1 atom stereocenters. The van der Waals surface area contributed by atoms with Crippen LogP contribution in [0.1, 0.15) is 22.9 Å². The Morgan fingerprint density at radius 2 is 2.00 bits per heavy atom. The average Bonchev–Trinajstić information content (AvgIpc) is 3.61. The lowest BCUT2D eigenvalue weighted by Gasteiger charge is -2.22. The highest BCUT2D eigenvalue weighted by molar-refractivity contribution is 8.00. The van der Waals surface area contributed by atoms with Gasteiger partial charge < -0.3 is 9.47 Å². The zero-order chi connectivity index (χ0) is 22.8. The standard InChI is InChI=1S/C23H20N4O3S3/c1-29-18-6-5-14(10-19(18)30-2)17-11-16(20-4-3-8-31-20)26-27(17)21(28)12-33-23-15-7-9-32-22(15)24-13-25-23/h3-10,13,17H,11-12H2,1-2H3/t17-/m1/s1. The van der Waals surface area contributed by atoms with Gasteiger partial charge in [-0.2, -0.15) is 5.10 Å². The number of fused-ring (bicyclic) bond motifs is 1. The third-order valence-electron chi connectivity index (χ3n) is 5.32. The van der Waals surface area contributed by atoms with E-state index in [1.165, 1.54) is 11.8 Å². The Balaban J connectivity index is 1.42. The predicted octanol–water partition coefficient (Wildman–Crippen LogP) is 5.24. The van der Waals surface area contributed by atoms with Crippen molar-refractivity contribution in [2.24, 2.45) is 5.10 Å². The van der Waals surface area contributed by atoms with Crippen LogP contribution in [-0.2, 0) is 4.79 Å². The second kappa shape index (κ2) is 9.50. The van der Waals surface area contributed by atoms with Crippen LogP contribution in [-0.4, -0.2) is 46.6 Å². The van der Waals surface area contributed by atoms with E-state index in [1.54, 1.807) is 48.2 Å². The molecule has 1 aromatic carbocycles. The molecule has 1 aliphatic rings. The zero-order valence-electron chi connectivity index (χ0n) is 17.9. The van der Waals surface area contributed by atoms with E-state index in [0.717, 1.165) is 31.4 Å². The molecule has 33 heavy (non-hydrogen) atoms. The molecular weight excluding hydrogens is 476 g/mol. The van der Waals surface area contributed by atoms with Gasteiger partial charge in [-0.15, -0.1) is 22.7 Å².